The van der Waals surface area contributed by atoms with Gasteiger partial charge in [0.2, 0.25) is 6.29 Å². The summed E-state index contributed by atoms with van der Waals surface area (Å²) in [5, 5.41) is 70.8. The Morgan fingerprint density at radius 3 is 2.50 bits per heavy atom. The van der Waals surface area contributed by atoms with Gasteiger partial charge in [0.15, 0.2) is 11.5 Å². The number of aliphatic carboxylic acids is 1. The zero-order valence-electron chi connectivity index (χ0n) is 23.6. The molecule has 0 aliphatic carbocycles. The number of phenols is 2. The standard InChI is InChI=1S/C30H33N3O11/c1-2-17-18(32-13-31-17)8-16-7-14(3-5-21(16)35)4-6-25(37)33-19-11-23(22(36)10-15(19)9-20(33)29(41)42)43-30-28(40)27(39)26(38)24(12-34)44-30/h3-7,10-11,20,24,26-28,30,34-36,38-40H,2,8-9,12-13H2,1H3,(H,41,42). The number of carbonyl (C=O) groups is 2. The molecule has 3 aliphatic rings. The van der Waals surface area contributed by atoms with Gasteiger partial charge in [-0.3, -0.25) is 19.7 Å². The highest BCUT2D eigenvalue weighted by Gasteiger charge is 2.45. The fourth-order valence-electron chi connectivity index (χ4n) is 5.45. The van der Waals surface area contributed by atoms with Crippen molar-refractivity contribution < 1.29 is 54.8 Å². The summed E-state index contributed by atoms with van der Waals surface area (Å²) in [6, 6.07) is 5.94. The number of anilines is 1. The van der Waals surface area contributed by atoms with Crippen molar-refractivity contribution in [3.05, 3.63) is 53.1 Å². The van der Waals surface area contributed by atoms with E-state index < -0.39 is 61.0 Å². The quantitative estimate of drug-likeness (QED) is 0.189. The monoisotopic (exact) mass is 611 g/mol. The molecule has 2 aromatic carbocycles. The first kappa shape index (κ1) is 31.1. The number of carboxylic acid groups (broad SMARTS) is 1. The Morgan fingerprint density at radius 1 is 1.05 bits per heavy atom. The largest absolute Gasteiger partial charge is 0.508 e. The maximum Gasteiger partial charge on any atom is 0.327 e. The Morgan fingerprint density at radius 2 is 1.80 bits per heavy atom. The lowest BCUT2D eigenvalue weighted by atomic mass is 9.99. The smallest absolute Gasteiger partial charge is 0.327 e. The number of carboxylic acids is 1. The van der Waals surface area contributed by atoms with Crippen LogP contribution in [-0.2, 0) is 27.2 Å². The molecular formula is C30H33N3O11. The van der Waals surface area contributed by atoms with Crippen LogP contribution in [0.4, 0.5) is 5.69 Å². The number of rotatable bonds is 9. The van der Waals surface area contributed by atoms with Gasteiger partial charge in [0.1, 0.15) is 42.9 Å². The van der Waals surface area contributed by atoms with Gasteiger partial charge in [-0.15, -0.1) is 0 Å². The van der Waals surface area contributed by atoms with Gasteiger partial charge in [0.25, 0.3) is 5.91 Å². The van der Waals surface area contributed by atoms with Crippen LogP contribution in [0.15, 0.2) is 46.4 Å². The van der Waals surface area contributed by atoms with Crippen LogP contribution in [0, 0.1) is 0 Å². The van der Waals surface area contributed by atoms with Crippen molar-refractivity contribution in [2.75, 3.05) is 18.2 Å². The van der Waals surface area contributed by atoms with E-state index in [0.717, 1.165) is 16.3 Å². The van der Waals surface area contributed by atoms with E-state index in [4.69, 9.17) is 9.47 Å². The van der Waals surface area contributed by atoms with Crippen molar-refractivity contribution in [2.24, 2.45) is 9.98 Å². The topological polar surface area (TPSA) is 222 Å². The van der Waals surface area contributed by atoms with Crippen LogP contribution in [-0.4, -0.2) is 109 Å². The summed E-state index contributed by atoms with van der Waals surface area (Å²) in [6.45, 7) is 1.63. The minimum Gasteiger partial charge on any atom is -0.508 e. The van der Waals surface area contributed by atoms with Gasteiger partial charge in [-0.05, 0) is 41.8 Å². The SMILES string of the molecule is CCC1=NCN=C1Cc1cc(C=CC(=O)N2c3cc(OC4OC(CO)C(O)C(O)C4O)c(O)cc3CC2C(=O)O)ccc1O. The molecule has 5 rings (SSSR count). The minimum atomic E-state index is -1.76. The summed E-state index contributed by atoms with van der Waals surface area (Å²) in [7, 11) is 0. The molecule has 0 saturated carbocycles. The van der Waals surface area contributed by atoms with E-state index in [1.165, 1.54) is 30.4 Å². The number of aliphatic imine (C=N–C) groups is 2. The molecule has 3 heterocycles. The molecule has 2 aromatic rings. The average molecular weight is 612 g/mol. The second kappa shape index (κ2) is 12.7. The minimum absolute atomic E-state index is 0.0599. The fourth-order valence-corrected chi connectivity index (χ4v) is 5.45. The Balaban J connectivity index is 1.39. The van der Waals surface area contributed by atoms with Crippen molar-refractivity contribution in [2.45, 2.75) is 62.9 Å². The number of aliphatic hydroxyl groups is 4. The summed E-state index contributed by atoms with van der Waals surface area (Å²) < 4.78 is 10.9. The summed E-state index contributed by atoms with van der Waals surface area (Å²) in [6.07, 6.45) is -4.35. The molecule has 7 N–H and O–H groups in total. The van der Waals surface area contributed by atoms with Crippen LogP contribution in [0.1, 0.15) is 30.0 Å². The number of phenolic OH excluding ortho intramolecular Hbond substituents is 2. The zero-order chi connectivity index (χ0) is 31.7. The Bertz CT molecular complexity index is 1540. The molecule has 14 nitrogen and oxygen atoms in total. The Hall–Kier alpha value is -4.34. The molecule has 0 bridgehead atoms. The van der Waals surface area contributed by atoms with Crippen LogP contribution < -0.4 is 9.64 Å². The lowest BCUT2D eigenvalue weighted by Crippen LogP contribution is -2.60. The van der Waals surface area contributed by atoms with Crippen molar-refractivity contribution in [1.29, 1.82) is 0 Å². The number of aliphatic hydroxyl groups excluding tert-OH is 4. The molecule has 3 aliphatic heterocycles. The maximum atomic E-state index is 13.4. The van der Waals surface area contributed by atoms with Crippen LogP contribution in [0.5, 0.6) is 17.2 Å². The number of carbonyl (C=O) groups excluding carboxylic acids is 1. The van der Waals surface area contributed by atoms with Gasteiger partial charge in [0, 0.05) is 30.5 Å². The molecule has 1 fully saturated rings. The molecule has 6 atom stereocenters. The highest BCUT2D eigenvalue weighted by molar-refractivity contribution is 6.43. The fraction of sp³-hybridized carbons (Fsp3) is 0.400. The second-order valence-corrected chi connectivity index (χ2v) is 10.6. The van der Waals surface area contributed by atoms with Gasteiger partial charge >= 0.3 is 5.97 Å². The molecule has 0 aromatic heterocycles. The molecule has 44 heavy (non-hydrogen) atoms. The molecule has 234 valence electrons. The Labute approximate surface area is 251 Å². The van der Waals surface area contributed by atoms with E-state index in [1.807, 2.05) is 6.92 Å². The van der Waals surface area contributed by atoms with Crippen LogP contribution in [0.2, 0.25) is 0 Å². The van der Waals surface area contributed by atoms with E-state index in [-0.39, 0.29) is 23.6 Å². The number of nitrogens with zero attached hydrogens (tertiary/aromatic N) is 3. The molecule has 0 radical (unpaired) electrons. The summed E-state index contributed by atoms with van der Waals surface area (Å²) in [5.41, 5.74) is 3.28. The molecular weight excluding hydrogens is 578 g/mol. The zero-order valence-corrected chi connectivity index (χ0v) is 23.6. The number of hydrogen-bond acceptors (Lipinski definition) is 12. The van der Waals surface area contributed by atoms with E-state index in [9.17, 15) is 45.3 Å². The number of amides is 1. The maximum absolute atomic E-state index is 13.4. The molecule has 1 amide bonds. The van der Waals surface area contributed by atoms with Crippen LogP contribution >= 0.6 is 0 Å². The van der Waals surface area contributed by atoms with E-state index in [1.54, 1.807) is 12.1 Å². The number of aromatic hydroxyl groups is 2. The van der Waals surface area contributed by atoms with Gasteiger partial charge in [-0.1, -0.05) is 13.0 Å². The van der Waals surface area contributed by atoms with Crippen molar-refractivity contribution in [3.8, 4) is 17.2 Å². The number of ether oxygens (including phenoxy) is 2. The normalized spacial score (nSPS) is 26.4. The van der Waals surface area contributed by atoms with Gasteiger partial charge in [0.05, 0.1) is 23.7 Å². The second-order valence-electron chi connectivity index (χ2n) is 10.6. The van der Waals surface area contributed by atoms with Crippen molar-refractivity contribution in [1.82, 2.24) is 0 Å². The first-order valence-electron chi connectivity index (χ1n) is 14.0. The lowest BCUT2D eigenvalue weighted by Gasteiger charge is -2.39. The highest BCUT2D eigenvalue weighted by Crippen LogP contribution is 2.42. The molecule has 14 heteroatoms. The average Bonchev–Trinajstić information content (AvgIpc) is 3.61. The van der Waals surface area contributed by atoms with Crippen molar-refractivity contribution >= 4 is 35.1 Å². The van der Waals surface area contributed by atoms with Crippen molar-refractivity contribution in [3.63, 3.8) is 0 Å². The lowest BCUT2D eigenvalue weighted by molar-refractivity contribution is -0.277. The van der Waals surface area contributed by atoms with E-state index in [2.05, 4.69) is 9.98 Å². The highest BCUT2D eigenvalue weighted by atomic mass is 16.7. The third kappa shape index (κ3) is 6.02. The first-order valence-corrected chi connectivity index (χ1v) is 14.0. The first-order chi connectivity index (χ1) is 21.0. The predicted molar refractivity (Wildman–Crippen MR) is 156 cm³/mol. The third-order valence-corrected chi connectivity index (χ3v) is 7.83. The van der Waals surface area contributed by atoms with Gasteiger partial charge in [-0.2, -0.15) is 0 Å². The van der Waals surface area contributed by atoms with E-state index in [0.29, 0.717) is 36.2 Å². The molecule has 0 spiro atoms. The Kier molecular flexibility index (Phi) is 8.99. The van der Waals surface area contributed by atoms with Crippen LogP contribution in [0.3, 0.4) is 0 Å². The number of fused-ring (bicyclic) bond motifs is 1. The van der Waals surface area contributed by atoms with Crippen LogP contribution in [0.25, 0.3) is 6.08 Å². The molecule has 6 unspecified atom stereocenters. The van der Waals surface area contributed by atoms with Gasteiger partial charge < -0.3 is 45.2 Å². The number of benzene rings is 2. The number of hydrogen-bond donors (Lipinski definition) is 7. The molecule has 1 saturated heterocycles. The summed E-state index contributed by atoms with van der Waals surface area (Å²) in [4.78, 5) is 35.3. The summed E-state index contributed by atoms with van der Waals surface area (Å²) in [5.74, 6) is -2.65. The summed E-state index contributed by atoms with van der Waals surface area (Å²) >= 11 is 0. The third-order valence-electron chi connectivity index (χ3n) is 7.83. The van der Waals surface area contributed by atoms with Gasteiger partial charge in [-0.25, -0.2) is 4.79 Å². The van der Waals surface area contributed by atoms with E-state index >= 15 is 0 Å². The predicted octanol–water partition coefficient (Wildman–Crippen LogP) is 0.138.